The molecule has 2 rings (SSSR count). The highest BCUT2D eigenvalue weighted by atomic mass is 79.9. The minimum Gasteiger partial charge on any atom is -0.486 e. The van der Waals surface area contributed by atoms with Crippen molar-refractivity contribution < 1.29 is 14.3 Å². The van der Waals surface area contributed by atoms with Crippen LogP contribution in [-0.2, 0) is 9.53 Å². The first-order chi connectivity index (χ1) is 10.6. The molecule has 0 bridgehead atoms. The fourth-order valence-electron chi connectivity index (χ4n) is 2.90. The molecule has 1 aliphatic rings. The number of hydrogen-bond acceptors (Lipinski definition) is 4. The maximum atomic E-state index is 12.0. The highest BCUT2D eigenvalue weighted by Crippen LogP contribution is 2.28. The molecule has 130 valence electrons. The van der Waals surface area contributed by atoms with E-state index in [0.29, 0.717) is 12.3 Å². The van der Waals surface area contributed by atoms with Gasteiger partial charge in [0.1, 0.15) is 24.0 Å². The summed E-state index contributed by atoms with van der Waals surface area (Å²) in [4.78, 5) is 12.0. The first-order valence-corrected chi connectivity index (χ1v) is 8.97. The van der Waals surface area contributed by atoms with Crippen LogP contribution in [0, 0.1) is 5.92 Å². The zero-order chi connectivity index (χ0) is 15.9. The minimum atomic E-state index is -0.525. The van der Waals surface area contributed by atoms with Crippen LogP contribution in [0.3, 0.4) is 0 Å². The molecule has 1 heterocycles. The third-order valence-electron chi connectivity index (χ3n) is 4.12. The highest BCUT2D eigenvalue weighted by molar-refractivity contribution is 9.09. The monoisotopic (exact) mass is 405 g/mol. The third kappa shape index (κ3) is 5.98. The Labute approximate surface area is 152 Å². The standard InChI is InChI=1S/C17H24BrNO3.ClH/c1-12-16(22-14-7-3-2-4-8-14)13(10-11-18)6-5-9-15(19)17(20)21-12;/h2-4,7-8,12-13,15-16H,5-6,9-11,19H2,1H3;1H/t12-,13+,15-,16-;/m0./s1. The second-order valence-electron chi connectivity index (χ2n) is 5.81. The van der Waals surface area contributed by atoms with Crippen LogP contribution in [-0.4, -0.2) is 29.5 Å². The van der Waals surface area contributed by atoms with Gasteiger partial charge in [-0.05, 0) is 38.3 Å². The number of nitrogens with two attached hydrogens (primary N) is 1. The van der Waals surface area contributed by atoms with Crippen LogP contribution < -0.4 is 10.5 Å². The fourth-order valence-corrected chi connectivity index (χ4v) is 3.49. The van der Waals surface area contributed by atoms with E-state index in [1.807, 2.05) is 37.3 Å². The number of carbonyl (C=O) groups excluding carboxylic acids is 1. The summed E-state index contributed by atoms with van der Waals surface area (Å²) in [5.74, 6) is 0.805. The lowest BCUT2D eigenvalue weighted by Gasteiger charge is -2.31. The number of esters is 1. The van der Waals surface area contributed by atoms with Gasteiger partial charge in [-0.25, -0.2) is 0 Å². The Bertz CT molecular complexity index is 474. The molecule has 0 radical (unpaired) electrons. The molecule has 0 aromatic heterocycles. The van der Waals surface area contributed by atoms with Gasteiger partial charge in [-0.3, -0.25) is 4.79 Å². The molecule has 0 unspecified atom stereocenters. The molecule has 1 aromatic rings. The van der Waals surface area contributed by atoms with E-state index < -0.39 is 6.04 Å². The maximum absolute atomic E-state index is 12.0. The number of rotatable bonds is 4. The van der Waals surface area contributed by atoms with Crippen LogP contribution in [0.4, 0.5) is 0 Å². The Kier molecular flexibility index (Phi) is 8.95. The lowest BCUT2D eigenvalue weighted by molar-refractivity contribution is -0.155. The van der Waals surface area contributed by atoms with Gasteiger partial charge in [0.2, 0.25) is 0 Å². The van der Waals surface area contributed by atoms with Crippen molar-refractivity contribution in [2.45, 2.75) is 50.9 Å². The van der Waals surface area contributed by atoms with Crippen molar-refractivity contribution in [2.24, 2.45) is 11.7 Å². The van der Waals surface area contributed by atoms with E-state index in [1.54, 1.807) is 0 Å². The number of benzene rings is 1. The lowest BCUT2D eigenvalue weighted by atomic mass is 9.90. The van der Waals surface area contributed by atoms with Crippen LogP contribution >= 0.6 is 28.3 Å². The number of halogens is 2. The van der Waals surface area contributed by atoms with Gasteiger partial charge in [0.25, 0.3) is 0 Å². The minimum absolute atomic E-state index is 0. The SMILES string of the molecule is C[C@@H]1OC(=O)[C@@H](N)CCC[C@H](CCBr)[C@H]1Oc1ccccc1.Cl. The van der Waals surface area contributed by atoms with E-state index in [-0.39, 0.29) is 30.6 Å². The van der Waals surface area contributed by atoms with E-state index >= 15 is 0 Å². The van der Waals surface area contributed by atoms with Crippen molar-refractivity contribution >= 4 is 34.3 Å². The predicted octanol–water partition coefficient (Wildman–Crippen LogP) is 3.70. The molecule has 1 saturated heterocycles. The number of ether oxygens (including phenoxy) is 2. The van der Waals surface area contributed by atoms with Gasteiger partial charge in [-0.2, -0.15) is 0 Å². The van der Waals surface area contributed by atoms with Gasteiger partial charge in [0.05, 0.1) is 0 Å². The molecule has 1 aliphatic heterocycles. The van der Waals surface area contributed by atoms with E-state index in [0.717, 1.165) is 30.3 Å². The largest absolute Gasteiger partial charge is 0.486 e. The average molecular weight is 407 g/mol. The van der Waals surface area contributed by atoms with E-state index in [9.17, 15) is 4.79 Å². The van der Waals surface area contributed by atoms with Gasteiger partial charge in [0, 0.05) is 11.2 Å². The van der Waals surface area contributed by atoms with E-state index in [1.165, 1.54) is 0 Å². The smallest absolute Gasteiger partial charge is 0.323 e. The molecule has 6 heteroatoms. The molecule has 4 atom stereocenters. The van der Waals surface area contributed by atoms with Crippen molar-refractivity contribution in [1.82, 2.24) is 0 Å². The zero-order valence-corrected chi connectivity index (χ0v) is 15.7. The predicted molar refractivity (Wildman–Crippen MR) is 97.4 cm³/mol. The quantitative estimate of drug-likeness (QED) is 0.612. The second kappa shape index (κ2) is 10.2. The number of para-hydroxylation sites is 1. The summed E-state index contributed by atoms with van der Waals surface area (Å²) < 4.78 is 11.7. The molecule has 1 aromatic carbocycles. The summed E-state index contributed by atoms with van der Waals surface area (Å²) in [7, 11) is 0. The van der Waals surface area contributed by atoms with Crippen LogP contribution in [0.1, 0.15) is 32.6 Å². The first-order valence-electron chi connectivity index (χ1n) is 7.85. The molecule has 4 nitrogen and oxygen atoms in total. The Morgan fingerprint density at radius 1 is 1.30 bits per heavy atom. The van der Waals surface area contributed by atoms with E-state index in [4.69, 9.17) is 15.2 Å². The first kappa shape index (κ1) is 20.3. The molecule has 0 aliphatic carbocycles. The van der Waals surface area contributed by atoms with Gasteiger partial charge >= 0.3 is 5.97 Å². The number of cyclic esters (lactones) is 1. The topological polar surface area (TPSA) is 61.5 Å². The molecular formula is C17H25BrClNO3. The van der Waals surface area contributed by atoms with Gasteiger partial charge in [-0.15, -0.1) is 12.4 Å². The summed E-state index contributed by atoms with van der Waals surface area (Å²) in [5.41, 5.74) is 5.87. The summed E-state index contributed by atoms with van der Waals surface area (Å²) in [6.07, 6.45) is 3.07. The zero-order valence-electron chi connectivity index (χ0n) is 13.3. The summed E-state index contributed by atoms with van der Waals surface area (Å²) in [5, 5.41) is 0.902. The molecule has 1 fully saturated rings. The lowest BCUT2D eigenvalue weighted by Crippen LogP contribution is -2.41. The third-order valence-corrected chi connectivity index (χ3v) is 4.58. The molecule has 0 amide bonds. The molecular weight excluding hydrogens is 382 g/mol. The molecule has 0 saturated carbocycles. The molecule has 0 spiro atoms. The van der Waals surface area contributed by atoms with Gasteiger partial charge in [0.15, 0.2) is 0 Å². The van der Waals surface area contributed by atoms with Crippen molar-refractivity contribution in [3.05, 3.63) is 30.3 Å². The van der Waals surface area contributed by atoms with Crippen molar-refractivity contribution in [3.8, 4) is 5.75 Å². The van der Waals surface area contributed by atoms with E-state index in [2.05, 4.69) is 15.9 Å². The highest BCUT2D eigenvalue weighted by Gasteiger charge is 2.33. The number of alkyl halides is 1. The number of carbonyl (C=O) groups is 1. The van der Waals surface area contributed by atoms with Crippen molar-refractivity contribution in [2.75, 3.05) is 5.33 Å². The van der Waals surface area contributed by atoms with Crippen molar-refractivity contribution in [1.29, 1.82) is 0 Å². The summed E-state index contributed by atoms with van der Waals surface area (Å²) in [6.45, 7) is 1.89. The normalized spacial score (nSPS) is 28.6. The van der Waals surface area contributed by atoms with Gasteiger partial charge in [-0.1, -0.05) is 40.5 Å². The maximum Gasteiger partial charge on any atom is 0.323 e. The van der Waals surface area contributed by atoms with Gasteiger partial charge < -0.3 is 15.2 Å². The van der Waals surface area contributed by atoms with Crippen LogP contribution in [0.5, 0.6) is 5.75 Å². The van der Waals surface area contributed by atoms with Crippen LogP contribution in [0.25, 0.3) is 0 Å². The Balaban J connectivity index is 0.00000264. The van der Waals surface area contributed by atoms with Crippen molar-refractivity contribution in [3.63, 3.8) is 0 Å². The fraction of sp³-hybridized carbons (Fsp3) is 0.588. The second-order valence-corrected chi connectivity index (χ2v) is 6.61. The Hall–Kier alpha value is -0.780. The van der Waals surface area contributed by atoms with Crippen LogP contribution in [0.15, 0.2) is 30.3 Å². The summed E-state index contributed by atoms with van der Waals surface area (Å²) >= 11 is 3.52. The Morgan fingerprint density at radius 3 is 2.65 bits per heavy atom. The number of hydrogen-bond donors (Lipinski definition) is 1. The molecule has 2 N–H and O–H groups in total. The average Bonchev–Trinajstić information content (AvgIpc) is 2.55. The summed E-state index contributed by atoms with van der Waals surface area (Å²) in [6, 6.07) is 9.17. The molecule has 23 heavy (non-hydrogen) atoms. The Morgan fingerprint density at radius 2 is 2.00 bits per heavy atom. The van der Waals surface area contributed by atoms with Crippen LogP contribution in [0.2, 0.25) is 0 Å².